The molecular weight excluding hydrogens is 454 g/mol. The van der Waals surface area contributed by atoms with E-state index in [2.05, 4.69) is 14.6 Å². The number of esters is 1. The Morgan fingerprint density at radius 1 is 1.15 bits per heavy atom. The maximum absolute atomic E-state index is 12.3. The van der Waals surface area contributed by atoms with Gasteiger partial charge in [0.05, 0.1) is 19.5 Å². The lowest BCUT2D eigenvalue weighted by molar-refractivity contribution is -0.142. The summed E-state index contributed by atoms with van der Waals surface area (Å²) >= 11 is 0. The molecule has 1 N–H and O–H groups in total. The van der Waals surface area contributed by atoms with E-state index in [1.165, 1.54) is 12.8 Å². The van der Waals surface area contributed by atoms with Crippen molar-refractivity contribution in [1.29, 1.82) is 0 Å². The molecule has 0 spiro atoms. The summed E-state index contributed by atoms with van der Waals surface area (Å²) in [5, 5.41) is 0. The largest absolute Gasteiger partial charge is 0.493 e. The first-order valence-electron chi connectivity index (χ1n) is 11.8. The Morgan fingerprint density at radius 2 is 1.82 bits per heavy atom. The Bertz CT molecular complexity index is 991. The smallest absolute Gasteiger partial charge is 0.324 e. The van der Waals surface area contributed by atoms with E-state index in [1.807, 2.05) is 55.7 Å². The van der Waals surface area contributed by atoms with Gasteiger partial charge in [0, 0.05) is 31.2 Å². The summed E-state index contributed by atoms with van der Waals surface area (Å²) < 4.78 is 37.8. The lowest BCUT2D eigenvalue weighted by atomic mass is 9.97. The van der Waals surface area contributed by atoms with Gasteiger partial charge in [-0.1, -0.05) is 25.5 Å². The van der Waals surface area contributed by atoms with E-state index in [0.29, 0.717) is 18.9 Å². The number of carbonyl (C=O) groups is 1. The lowest BCUT2D eigenvalue weighted by Crippen LogP contribution is -2.43. The fraction of sp³-hybridized carbons (Fsp3) is 0.520. The zero-order valence-electron chi connectivity index (χ0n) is 20.0. The van der Waals surface area contributed by atoms with Crippen LogP contribution >= 0.6 is 0 Å². The lowest BCUT2D eigenvalue weighted by Gasteiger charge is -2.33. The molecule has 2 aromatic rings. The van der Waals surface area contributed by atoms with Crippen molar-refractivity contribution < 1.29 is 22.7 Å². The summed E-state index contributed by atoms with van der Waals surface area (Å²) in [6, 6.07) is 10.6. The molecule has 1 aliphatic heterocycles. The van der Waals surface area contributed by atoms with Crippen LogP contribution in [0.2, 0.25) is 0 Å². The van der Waals surface area contributed by atoms with Crippen molar-refractivity contribution >= 4 is 21.7 Å². The number of pyridine rings is 1. The van der Waals surface area contributed by atoms with Crippen molar-refractivity contribution in [3.8, 4) is 5.75 Å². The van der Waals surface area contributed by atoms with Gasteiger partial charge in [0.15, 0.2) is 0 Å². The number of anilines is 1. The Balaban J connectivity index is 1.48. The molecule has 1 fully saturated rings. The topological polar surface area (TPSA) is 97.8 Å². The van der Waals surface area contributed by atoms with Gasteiger partial charge in [-0.2, -0.15) is 0 Å². The maximum Gasteiger partial charge on any atom is 0.324 e. The summed E-state index contributed by atoms with van der Waals surface area (Å²) in [6.07, 6.45) is 7.30. The molecule has 0 unspecified atom stereocenters. The van der Waals surface area contributed by atoms with E-state index in [0.717, 1.165) is 43.7 Å². The van der Waals surface area contributed by atoms with Crippen LogP contribution in [0.1, 0.15) is 38.2 Å². The Kier molecular flexibility index (Phi) is 9.71. The third-order valence-corrected chi connectivity index (χ3v) is 7.54. The molecule has 0 saturated carbocycles. The third kappa shape index (κ3) is 7.99. The normalized spacial score (nSPS) is 15.6. The number of carbonyl (C=O) groups excluding carboxylic acids is 1. The minimum absolute atomic E-state index is 0.00868. The molecule has 34 heavy (non-hydrogen) atoms. The molecule has 186 valence electrons. The van der Waals surface area contributed by atoms with Gasteiger partial charge in [-0.05, 0) is 61.4 Å². The number of hydrogen-bond donors (Lipinski definition) is 1. The van der Waals surface area contributed by atoms with Crippen molar-refractivity contribution in [3.05, 3.63) is 54.4 Å². The minimum Gasteiger partial charge on any atom is -0.493 e. The monoisotopic (exact) mass is 489 g/mol. The van der Waals surface area contributed by atoms with Gasteiger partial charge in [0.25, 0.3) is 0 Å². The van der Waals surface area contributed by atoms with Crippen molar-refractivity contribution in [2.75, 3.05) is 37.5 Å². The van der Waals surface area contributed by atoms with Crippen LogP contribution < -0.4 is 14.4 Å². The molecule has 3 rings (SSSR count). The maximum atomic E-state index is 12.3. The second-order valence-electron chi connectivity index (χ2n) is 8.66. The number of aromatic nitrogens is 1. The number of ether oxygens (including phenoxy) is 2. The molecule has 0 aliphatic carbocycles. The molecule has 0 bridgehead atoms. The highest BCUT2D eigenvalue weighted by Crippen LogP contribution is 2.24. The van der Waals surface area contributed by atoms with Gasteiger partial charge in [-0.15, -0.1) is 0 Å². The predicted octanol–water partition coefficient (Wildman–Crippen LogP) is 3.18. The zero-order chi connectivity index (χ0) is 24.4. The number of methoxy groups -OCH3 is 1. The summed E-state index contributed by atoms with van der Waals surface area (Å²) in [5.41, 5.74) is 2.04. The summed E-state index contributed by atoms with van der Waals surface area (Å²) in [7, 11) is -2.29. The van der Waals surface area contributed by atoms with E-state index < -0.39 is 22.0 Å². The minimum atomic E-state index is -3.55. The number of rotatable bonds is 12. The molecule has 8 nitrogen and oxygen atoms in total. The first-order chi connectivity index (χ1) is 16.4. The van der Waals surface area contributed by atoms with Crippen LogP contribution in [0.5, 0.6) is 5.75 Å². The van der Waals surface area contributed by atoms with E-state index in [4.69, 9.17) is 9.47 Å². The van der Waals surface area contributed by atoms with Gasteiger partial charge in [-0.25, -0.2) is 13.1 Å². The number of unbranched alkanes of at least 4 members (excludes halogenated alkanes) is 1. The molecule has 0 radical (unpaired) electrons. The molecule has 9 heteroatoms. The highest BCUT2D eigenvalue weighted by molar-refractivity contribution is 7.89. The first-order valence-corrected chi connectivity index (χ1v) is 13.5. The van der Waals surface area contributed by atoms with E-state index in [-0.39, 0.29) is 12.2 Å². The molecule has 1 aromatic heterocycles. The van der Waals surface area contributed by atoms with E-state index in [9.17, 15) is 13.2 Å². The first kappa shape index (κ1) is 26.0. The average molecular weight is 490 g/mol. The van der Waals surface area contributed by atoms with Crippen LogP contribution in [-0.2, 0) is 26.0 Å². The van der Waals surface area contributed by atoms with Crippen LogP contribution in [0.15, 0.2) is 48.8 Å². The molecule has 1 aromatic carbocycles. The number of piperidine rings is 1. The Hall–Kier alpha value is -2.65. The molecule has 1 atom stereocenters. The molecule has 2 heterocycles. The van der Waals surface area contributed by atoms with Gasteiger partial charge in [-0.3, -0.25) is 9.78 Å². The molecule has 0 amide bonds. The van der Waals surface area contributed by atoms with Gasteiger partial charge >= 0.3 is 5.97 Å². The SMILES string of the molecule is CCCCS(=O)(=O)N[C@H](Cc1ccc(OCC2CCN(c3ccncc3)CC2)cc1)C(=O)OC. The standard InChI is InChI=1S/C25H35N3O5S/c1-3-4-17-34(30,31)27-24(25(29)32-2)18-20-5-7-23(8-6-20)33-19-21-11-15-28(16-12-21)22-9-13-26-14-10-22/h5-10,13-14,21,24,27H,3-4,11-12,15-19H2,1-2H3/t24-/m1/s1. The highest BCUT2D eigenvalue weighted by atomic mass is 32.2. The number of nitrogens with one attached hydrogen (secondary N) is 1. The van der Waals surface area contributed by atoms with Crippen LogP contribution in [0.4, 0.5) is 5.69 Å². The van der Waals surface area contributed by atoms with Crippen molar-refractivity contribution in [2.45, 2.75) is 45.1 Å². The highest BCUT2D eigenvalue weighted by Gasteiger charge is 2.25. The zero-order valence-corrected chi connectivity index (χ0v) is 20.8. The summed E-state index contributed by atoms with van der Waals surface area (Å²) in [6.45, 7) is 4.58. The molecule has 1 saturated heterocycles. The summed E-state index contributed by atoms with van der Waals surface area (Å²) in [4.78, 5) is 18.6. The quantitative estimate of drug-likeness (QED) is 0.457. The van der Waals surface area contributed by atoms with E-state index in [1.54, 1.807) is 0 Å². The van der Waals surface area contributed by atoms with Crippen molar-refractivity contribution in [2.24, 2.45) is 5.92 Å². The number of hydrogen-bond acceptors (Lipinski definition) is 7. The second kappa shape index (κ2) is 12.7. The molecular formula is C25H35N3O5S. The van der Waals surface area contributed by atoms with Crippen LogP contribution in [0, 0.1) is 5.92 Å². The van der Waals surface area contributed by atoms with Crippen LogP contribution in [-0.4, -0.2) is 58.0 Å². The third-order valence-electron chi connectivity index (χ3n) is 6.07. The second-order valence-corrected chi connectivity index (χ2v) is 10.5. The Labute approximate surface area is 202 Å². The van der Waals surface area contributed by atoms with Gasteiger partial charge in [0.1, 0.15) is 11.8 Å². The number of benzene rings is 1. The average Bonchev–Trinajstić information content (AvgIpc) is 2.87. The van der Waals surface area contributed by atoms with Gasteiger partial charge in [0.2, 0.25) is 10.0 Å². The van der Waals surface area contributed by atoms with Crippen LogP contribution in [0.25, 0.3) is 0 Å². The van der Waals surface area contributed by atoms with Gasteiger partial charge < -0.3 is 14.4 Å². The predicted molar refractivity (Wildman–Crippen MR) is 132 cm³/mol. The fourth-order valence-corrected chi connectivity index (χ4v) is 5.41. The van der Waals surface area contributed by atoms with Crippen LogP contribution in [0.3, 0.4) is 0 Å². The fourth-order valence-electron chi connectivity index (χ4n) is 4.01. The Morgan fingerprint density at radius 3 is 2.44 bits per heavy atom. The number of nitrogens with zero attached hydrogens (tertiary/aromatic N) is 2. The molecule has 1 aliphatic rings. The summed E-state index contributed by atoms with van der Waals surface area (Å²) in [5.74, 6) is 0.654. The van der Waals surface area contributed by atoms with E-state index >= 15 is 0 Å². The number of sulfonamides is 1. The van der Waals surface area contributed by atoms with Crippen molar-refractivity contribution in [1.82, 2.24) is 9.71 Å². The van der Waals surface area contributed by atoms with Crippen molar-refractivity contribution in [3.63, 3.8) is 0 Å².